The van der Waals surface area contributed by atoms with Crippen molar-refractivity contribution < 1.29 is 4.79 Å². The van der Waals surface area contributed by atoms with Gasteiger partial charge in [-0.15, -0.1) is 22.7 Å². The van der Waals surface area contributed by atoms with E-state index in [1.165, 1.54) is 4.88 Å². The van der Waals surface area contributed by atoms with E-state index in [0.717, 1.165) is 49.0 Å². The second kappa shape index (κ2) is 8.67. The first-order valence-electron chi connectivity index (χ1n) is 10.1. The number of carbonyl (C=O) groups is 1. The van der Waals surface area contributed by atoms with Crippen molar-refractivity contribution in [2.75, 3.05) is 37.6 Å². The van der Waals surface area contributed by atoms with Gasteiger partial charge in [0.05, 0.1) is 23.2 Å². The number of hydrogen-bond acceptors (Lipinski definition) is 7. The van der Waals surface area contributed by atoms with Crippen LogP contribution in [0.1, 0.15) is 22.2 Å². The number of hydrogen-bond donors (Lipinski definition) is 0. The molecule has 8 heteroatoms. The van der Waals surface area contributed by atoms with Crippen LogP contribution in [0.2, 0.25) is 0 Å². The number of hydrazone groups is 1. The van der Waals surface area contributed by atoms with Crippen LogP contribution in [0.15, 0.2) is 64.5 Å². The molecule has 0 unspecified atom stereocenters. The summed E-state index contributed by atoms with van der Waals surface area (Å²) in [5.41, 5.74) is 1.01. The Hall–Kier alpha value is -2.55. The molecule has 30 heavy (non-hydrogen) atoms. The molecule has 2 aliphatic heterocycles. The fourth-order valence-corrected chi connectivity index (χ4v) is 5.51. The molecular formula is C22H23N5OS2. The Morgan fingerprint density at radius 1 is 1.00 bits per heavy atom. The first-order valence-corrected chi connectivity index (χ1v) is 11.9. The Balaban J connectivity index is 1.26. The summed E-state index contributed by atoms with van der Waals surface area (Å²) in [4.78, 5) is 24.5. The molecule has 0 N–H and O–H groups in total. The summed E-state index contributed by atoms with van der Waals surface area (Å²) in [6.45, 7) is 3.85. The van der Waals surface area contributed by atoms with Crippen molar-refractivity contribution in [3.63, 3.8) is 0 Å². The lowest BCUT2D eigenvalue weighted by Gasteiger charge is -2.35. The predicted molar refractivity (Wildman–Crippen MR) is 122 cm³/mol. The standard InChI is InChI=1S/C22H23N5OS2/c28-22(16-25-9-11-26(12-10-25)21-7-1-2-8-23-21)27-18(20-6-4-14-30-20)15-17(24-27)19-5-3-13-29-19/h1-8,13-14,18H,9-12,15-16H2/t18-/m1/s1. The highest BCUT2D eigenvalue weighted by molar-refractivity contribution is 7.12. The number of thiophene rings is 2. The van der Waals surface area contributed by atoms with E-state index in [0.29, 0.717) is 6.54 Å². The Morgan fingerprint density at radius 3 is 2.53 bits per heavy atom. The topological polar surface area (TPSA) is 52.0 Å². The van der Waals surface area contributed by atoms with E-state index in [1.807, 2.05) is 36.5 Å². The van der Waals surface area contributed by atoms with Gasteiger partial charge in [0.2, 0.25) is 0 Å². The average Bonchev–Trinajstić information content (AvgIpc) is 3.56. The molecular weight excluding hydrogens is 414 g/mol. The van der Waals surface area contributed by atoms with E-state index in [2.05, 4.69) is 37.7 Å². The lowest BCUT2D eigenvalue weighted by atomic mass is 10.1. The molecule has 6 nitrogen and oxygen atoms in total. The molecule has 5 rings (SSSR count). The van der Waals surface area contributed by atoms with Crippen LogP contribution in [0.5, 0.6) is 0 Å². The maximum absolute atomic E-state index is 13.2. The van der Waals surface area contributed by atoms with Gasteiger partial charge in [0, 0.05) is 43.7 Å². The van der Waals surface area contributed by atoms with E-state index in [-0.39, 0.29) is 11.9 Å². The zero-order valence-corrected chi connectivity index (χ0v) is 18.2. The van der Waals surface area contributed by atoms with Gasteiger partial charge in [0.15, 0.2) is 0 Å². The van der Waals surface area contributed by atoms with Crippen LogP contribution in [0.3, 0.4) is 0 Å². The largest absolute Gasteiger partial charge is 0.354 e. The van der Waals surface area contributed by atoms with Crippen LogP contribution < -0.4 is 4.90 Å². The minimum atomic E-state index is 0.00408. The second-order valence-electron chi connectivity index (χ2n) is 7.45. The normalized spacial score (nSPS) is 19.9. The van der Waals surface area contributed by atoms with Crippen molar-refractivity contribution in [3.8, 4) is 0 Å². The van der Waals surface area contributed by atoms with E-state index in [4.69, 9.17) is 5.10 Å². The van der Waals surface area contributed by atoms with Crippen molar-refractivity contribution in [1.82, 2.24) is 14.9 Å². The summed E-state index contributed by atoms with van der Waals surface area (Å²) in [7, 11) is 0. The summed E-state index contributed by atoms with van der Waals surface area (Å²) in [5, 5.41) is 10.6. The van der Waals surface area contributed by atoms with Crippen molar-refractivity contribution in [2.45, 2.75) is 12.5 Å². The van der Waals surface area contributed by atoms with Crippen molar-refractivity contribution in [2.24, 2.45) is 5.10 Å². The zero-order chi connectivity index (χ0) is 20.3. The molecule has 1 saturated heterocycles. The third kappa shape index (κ3) is 4.03. The monoisotopic (exact) mass is 437 g/mol. The summed E-state index contributed by atoms with van der Waals surface area (Å²) in [6.07, 6.45) is 2.60. The summed E-state index contributed by atoms with van der Waals surface area (Å²) in [5.74, 6) is 1.08. The van der Waals surface area contributed by atoms with Gasteiger partial charge >= 0.3 is 0 Å². The van der Waals surface area contributed by atoms with Crippen molar-refractivity contribution in [3.05, 3.63) is 69.2 Å². The number of piperazine rings is 1. The van der Waals surface area contributed by atoms with Crippen LogP contribution in [0.25, 0.3) is 0 Å². The lowest BCUT2D eigenvalue weighted by molar-refractivity contribution is -0.134. The molecule has 1 atom stereocenters. The van der Waals surface area contributed by atoms with Gasteiger partial charge in [-0.25, -0.2) is 9.99 Å². The second-order valence-corrected chi connectivity index (χ2v) is 9.38. The van der Waals surface area contributed by atoms with Crippen molar-refractivity contribution in [1.29, 1.82) is 0 Å². The molecule has 5 heterocycles. The first-order chi connectivity index (χ1) is 14.8. The zero-order valence-electron chi connectivity index (χ0n) is 16.6. The molecule has 0 aromatic carbocycles. The first kappa shape index (κ1) is 19.4. The molecule has 0 bridgehead atoms. The van der Waals surface area contributed by atoms with Crippen LogP contribution in [0, 0.1) is 0 Å². The lowest BCUT2D eigenvalue weighted by Crippen LogP contribution is -2.49. The van der Waals surface area contributed by atoms with Crippen LogP contribution in [0.4, 0.5) is 5.82 Å². The number of rotatable bonds is 5. The summed E-state index contributed by atoms with van der Waals surface area (Å²) < 4.78 is 0. The van der Waals surface area contributed by atoms with E-state index >= 15 is 0 Å². The van der Waals surface area contributed by atoms with Gasteiger partial charge in [0.1, 0.15) is 5.82 Å². The van der Waals surface area contributed by atoms with Gasteiger partial charge in [-0.1, -0.05) is 18.2 Å². The van der Waals surface area contributed by atoms with E-state index < -0.39 is 0 Å². The number of nitrogens with zero attached hydrogens (tertiary/aromatic N) is 5. The molecule has 0 radical (unpaired) electrons. The molecule has 154 valence electrons. The van der Waals surface area contributed by atoms with E-state index in [9.17, 15) is 4.79 Å². The number of carbonyl (C=O) groups excluding carboxylic acids is 1. The van der Waals surface area contributed by atoms with Gasteiger partial charge in [0.25, 0.3) is 5.91 Å². The predicted octanol–water partition coefficient (Wildman–Crippen LogP) is 3.70. The van der Waals surface area contributed by atoms with Gasteiger partial charge < -0.3 is 4.90 Å². The molecule has 0 aliphatic carbocycles. The summed E-state index contributed by atoms with van der Waals surface area (Å²) in [6, 6.07) is 14.3. The molecule has 3 aromatic rings. The molecule has 3 aromatic heterocycles. The molecule has 0 saturated carbocycles. The van der Waals surface area contributed by atoms with Crippen LogP contribution in [-0.2, 0) is 4.79 Å². The molecule has 0 spiro atoms. The number of anilines is 1. The Kier molecular flexibility index (Phi) is 5.61. The molecule has 2 aliphatic rings. The average molecular weight is 438 g/mol. The summed E-state index contributed by atoms with van der Waals surface area (Å²) >= 11 is 3.37. The minimum absolute atomic E-state index is 0.00408. The maximum Gasteiger partial charge on any atom is 0.257 e. The highest BCUT2D eigenvalue weighted by Crippen LogP contribution is 2.36. The Morgan fingerprint density at radius 2 is 1.83 bits per heavy atom. The highest BCUT2D eigenvalue weighted by atomic mass is 32.1. The molecule has 1 fully saturated rings. The van der Waals surface area contributed by atoms with Gasteiger partial charge in [-0.05, 0) is 35.0 Å². The smallest absolute Gasteiger partial charge is 0.257 e. The fourth-order valence-electron chi connectivity index (χ4n) is 3.97. The van der Waals surface area contributed by atoms with Crippen LogP contribution in [-0.4, -0.2) is 59.2 Å². The third-order valence-electron chi connectivity index (χ3n) is 5.55. The van der Waals surface area contributed by atoms with Gasteiger partial charge in [-0.2, -0.15) is 5.10 Å². The van der Waals surface area contributed by atoms with Gasteiger partial charge in [-0.3, -0.25) is 9.69 Å². The fraction of sp³-hybridized carbons (Fsp3) is 0.318. The highest BCUT2D eigenvalue weighted by Gasteiger charge is 2.35. The van der Waals surface area contributed by atoms with Crippen LogP contribution >= 0.6 is 22.7 Å². The Bertz CT molecular complexity index is 996. The molecule has 1 amide bonds. The number of amides is 1. The number of pyridine rings is 1. The van der Waals surface area contributed by atoms with E-state index in [1.54, 1.807) is 27.7 Å². The van der Waals surface area contributed by atoms with Crippen molar-refractivity contribution >= 4 is 40.1 Å². The Labute approximate surface area is 184 Å². The maximum atomic E-state index is 13.2. The SMILES string of the molecule is O=C(CN1CCN(c2ccccn2)CC1)N1N=C(c2cccs2)C[C@@H]1c1cccs1. The quantitative estimate of drug-likeness (QED) is 0.611. The number of aromatic nitrogens is 1. The third-order valence-corrected chi connectivity index (χ3v) is 7.44. The minimum Gasteiger partial charge on any atom is -0.354 e.